The van der Waals surface area contributed by atoms with Gasteiger partial charge in [0.2, 0.25) is 21.8 Å². The van der Waals surface area contributed by atoms with E-state index < -0.39 is 22.0 Å². The Bertz CT molecular complexity index is 1060. The van der Waals surface area contributed by atoms with Crippen LogP contribution in [0.1, 0.15) is 43.9 Å². The van der Waals surface area contributed by atoms with Crippen LogP contribution in [-0.2, 0) is 26.2 Å². The van der Waals surface area contributed by atoms with E-state index in [-0.39, 0.29) is 29.8 Å². The zero-order valence-electron chi connectivity index (χ0n) is 21.0. The van der Waals surface area contributed by atoms with Crippen molar-refractivity contribution in [1.29, 1.82) is 0 Å². The van der Waals surface area contributed by atoms with Gasteiger partial charge in [0, 0.05) is 20.1 Å². The Hall–Kier alpha value is -2.71. The van der Waals surface area contributed by atoms with Crippen molar-refractivity contribution in [2.45, 2.75) is 58.5 Å². The highest BCUT2D eigenvalue weighted by Crippen LogP contribution is 2.18. The molecule has 2 rings (SSSR count). The molecule has 0 aliphatic heterocycles. The second kappa shape index (κ2) is 12.1. The fraction of sp³-hybridized carbons (Fsp3) is 0.462. The minimum atomic E-state index is -3.85. The summed E-state index contributed by atoms with van der Waals surface area (Å²) in [6.07, 6.45) is 0.413. The average molecular weight is 488 g/mol. The van der Waals surface area contributed by atoms with E-state index in [0.717, 1.165) is 21.0 Å². The molecule has 2 aromatic carbocycles. The van der Waals surface area contributed by atoms with Gasteiger partial charge in [0.05, 0.1) is 11.4 Å². The number of carbonyl (C=O) groups is 2. The fourth-order valence-corrected chi connectivity index (χ4v) is 4.61. The third-order valence-corrected chi connectivity index (χ3v) is 7.45. The van der Waals surface area contributed by atoms with Crippen molar-refractivity contribution in [1.82, 2.24) is 14.5 Å². The minimum absolute atomic E-state index is 0.125. The number of aryl methyl sites for hydroxylation is 2. The Morgan fingerprint density at radius 2 is 1.47 bits per heavy atom. The van der Waals surface area contributed by atoms with E-state index >= 15 is 0 Å². The summed E-state index contributed by atoms with van der Waals surface area (Å²) in [5, 5.41) is 2.91. The lowest BCUT2D eigenvalue weighted by molar-refractivity contribution is -0.141. The molecule has 0 unspecified atom stereocenters. The molecule has 0 aliphatic rings. The molecule has 34 heavy (non-hydrogen) atoms. The minimum Gasteiger partial charge on any atom is -0.354 e. The van der Waals surface area contributed by atoms with Crippen molar-refractivity contribution >= 4 is 21.8 Å². The summed E-state index contributed by atoms with van der Waals surface area (Å²) in [5.41, 5.74) is 2.91. The maximum Gasteiger partial charge on any atom is 0.243 e. The normalized spacial score (nSPS) is 12.6. The molecule has 0 saturated heterocycles. The van der Waals surface area contributed by atoms with E-state index in [1.54, 1.807) is 12.1 Å². The van der Waals surface area contributed by atoms with Crippen molar-refractivity contribution in [2.75, 3.05) is 20.1 Å². The first-order valence-electron chi connectivity index (χ1n) is 11.6. The standard InChI is InChI=1S/C26H37N3O4S/c1-7-24(26(31)27-16-19(2)3)29(17-22-12-8-20(4)9-13-22)25(30)18-28(6)34(32,33)23-14-10-21(5)11-15-23/h8-15,19,24H,7,16-18H2,1-6H3,(H,27,31)/t24-/m0/s1. The lowest BCUT2D eigenvalue weighted by Crippen LogP contribution is -2.52. The molecule has 0 aromatic heterocycles. The lowest BCUT2D eigenvalue weighted by atomic mass is 10.1. The summed E-state index contributed by atoms with van der Waals surface area (Å²) in [5.74, 6) is -0.389. The van der Waals surface area contributed by atoms with E-state index in [2.05, 4.69) is 5.32 Å². The van der Waals surface area contributed by atoms with Crippen molar-refractivity contribution < 1.29 is 18.0 Å². The van der Waals surface area contributed by atoms with Crippen LogP contribution in [-0.4, -0.2) is 55.6 Å². The zero-order valence-corrected chi connectivity index (χ0v) is 21.9. The van der Waals surface area contributed by atoms with Gasteiger partial charge in [0.1, 0.15) is 6.04 Å². The molecule has 0 bridgehead atoms. The number of nitrogens with one attached hydrogen (secondary N) is 1. The molecule has 186 valence electrons. The summed E-state index contributed by atoms with van der Waals surface area (Å²) in [4.78, 5) is 28.0. The molecule has 0 aliphatic carbocycles. The van der Waals surface area contributed by atoms with Gasteiger partial charge in [-0.2, -0.15) is 4.31 Å². The second-order valence-corrected chi connectivity index (χ2v) is 11.2. The fourth-order valence-electron chi connectivity index (χ4n) is 3.49. The molecular weight excluding hydrogens is 450 g/mol. The van der Waals surface area contributed by atoms with Gasteiger partial charge in [0.25, 0.3) is 0 Å². The first-order valence-corrected chi connectivity index (χ1v) is 13.1. The van der Waals surface area contributed by atoms with Crippen LogP contribution < -0.4 is 5.32 Å². The Kier molecular flexibility index (Phi) is 9.82. The molecular formula is C26H37N3O4S. The van der Waals surface area contributed by atoms with Gasteiger partial charge in [-0.05, 0) is 43.9 Å². The van der Waals surface area contributed by atoms with E-state index in [4.69, 9.17) is 0 Å². The zero-order chi connectivity index (χ0) is 25.5. The number of rotatable bonds is 11. The maximum atomic E-state index is 13.4. The molecule has 1 N–H and O–H groups in total. The lowest BCUT2D eigenvalue weighted by Gasteiger charge is -2.32. The number of amides is 2. The number of carbonyl (C=O) groups excluding carboxylic acids is 2. The Balaban J connectivity index is 2.30. The largest absolute Gasteiger partial charge is 0.354 e. The van der Waals surface area contributed by atoms with Gasteiger partial charge in [0.15, 0.2) is 0 Å². The Morgan fingerprint density at radius 3 is 1.97 bits per heavy atom. The number of hydrogen-bond donors (Lipinski definition) is 1. The van der Waals surface area contributed by atoms with Crippen LogP contribution in [0, 0.1) is 19.8 Å². The van der Waals surface area contributed by atoms with Gasteiger partial charge in [-0.25, -0.2) is 8.42 Å². The van der Waals surface area contributed by atoms with Gasteiger partial charge in [-0.1, -0.05) is 68.3 Å². The first-order chi connectivity index (χ1) is 15.9. The third kappa shape index (κ3) is 7.40. The van der Waals surface area contributed by atoms with Gasteiger partial charge in [-0.3, -0.25) is 9.59 Å². The molecule has 2 aromatic rings. The van der Waals surface area contributed by atoms with Crippen LogP contribution in [0.25, 0.3) is 0 Å². The van der Waals surface area contributed by atoms with Gasteiger partial charge >= 0.3 is 0 Å². The molecule has 0 saturated carbocycles. The van der Waals surface area contributed by atoms with Crippen LogP contribution in [0.5, 0.6) is 0 Å². The molecule has 7 nitrogen and oxygen atoms in total. The molecule has 0 fully saturated rings. The number of hydrogen-bond acceptors (Lipinski definition) is 4. The van der Waals surface area contributed by atoms with Crippen molar-refractivity contribution in [3.8, 4) is 0 Å². The highest BCUT2D eigenvalue weighted by molar-refractivity contribution is 7.89. The molecule has 1 atom stereocenters. The predicted octanol–water partition coefficient (Wildman–Crippen LogP) is 3.50. The topological polar surface area (TPSA) is 86.8 Å². The number of nitrogens with zero attached hydrogens (tertiary/aromatic N) is 2. The molecule has 8 heteroatoms. The first kappa shape index (κ1) is 27.5. The summed E-state index contributed by atoms with van der Waals surface area (Å²) in [7, 11) is -2.47. The summed E-state index contributed by atoms with van der Waals surface area (Å²) >= 11 is 0. The average Bonchev–Trinajstić information content (AvgIpc) is 2.79. The second-order valence-electron chi connectivity index (χ2n) is 9.14. The van der Waals surface area contributed by atoms with Gasteiger partial charge < -0.3 is 10.2 Å². The van der Waals surface area contributed by atoms with E-state index in [0.29, 0.717) is 13.0 Å². The van der Waals surface area contributed by atoms with E-state index in [9.17, 15) is 18.0 Å². The quantitative estimate of drug-likeness (QED) is 0.526. The van der Waals surface area contributed by atoms with Crippen LogP contribution in [0.2, 0.25) is 0 Å². The van der Waals surface area contributed by atoms with Crippen LogP contribution in [0.3, 0.4) is 0 Å². The molecule has 0 heterocycles. The summed E-state index contributed by atoms with van der Waals surface area (Å²) in [6.45, 7) is 10.1. The Labute approximate surface area is 204 Å². The summed E-state index contributed by atoms with van der Waals surface area (Å²) < 4.78 is 27.1. The van der Waals surface area contributed by atoms with Crippen molar-refractivity contribution in [3.63, 3.8) is 0 Å². The van der Waals surface area contributed by atoms with E-state index in [1.807, 2.05) is 58.9 Å². The maximum absolute atomic E-state index is 13.4. The molecule has 2 amide bonds. The van der Waals surface area contributed by atoms with Crippen molar-refractivity contribution in [2.24, 2.45) is 5.92 Å². The van der Waals surface area contributed by atoms with Crippen LogP contribution in [0.4, 0.5) is 0 Å². The van der Waals surface area contributed by atoms with E-state index in [1.165, 1.54) is 24.1 Å². The molecule has 0 radical (unpaired) electrons. The number of sulfonamides is 1. The SMILES string of the molecule is CC[C@@H](C(=O)NCC(C)C)N(Cc1ccc(C)cc1)C(=O)CN(C)S(=O)(=O)c1ccc(C)cc1. The third-order valence-electron chi connectivity index (χ3n) is 5.63. The van der Waals surface area contributed by atoms with Crippen LogP contribution in [0.15, 0.2) is 53.4 Å². The number of likely N-dealkylation sites (N-methyl/N-ethyl adjacent to an activating group) is 1. The monoisotopic (exact) mass is 487 g/mol. The number of benzene rings is 2. The highest BCUT2D eigenvalue weighted by atomic mass is 32.2. The van der Waals surface area contributed by atoms with Gasteiger partial charge in [-0.15, -0.1) is 0 Å². The Morgan fingerprint density at radius 1 is 0.941 bits per heavy atom. The smallest absolute Gasteiger partial charge is 0.243 e. The van der Waals surface area contributed by atoms with Crippen molar-refractivity contribution in [3.05, 3.63) is 65.2 Å². The molecule has 0 spiro atoms. The summed E-state index contributed by atoms with van der Waals surface area (Å²) in [6, 6.07) is 13.5. The highest BCUT2D eigenvalue weighted by Gasteiger charge is 2.31. The predicted molar refractivity (Wildman–Crippen MR) is 135 cm³/mol. The van der Waals surface area contributed by atoms with Crippen LogP contribution >= 0.6 is 0 Å².